The lowest BCUT2D eigenvalue weighted by molar-refractivity contribution is -0.116. The van der Waals surface area contributed by atoms with Gasteiger partial charge in [-0.25, -0.2) is 4.39 Å². The first-order chi connectivity index (χ1) is 8.09. The Labute approximate surface area is 100 Å². The third kappa shape index (κ3) is 2.36. The molecule has 0 saturated carbocycles. The standard InChI is InChI=1S/C15H15FO/c1-10(17)7-8-13-11(2)15(16)9-12-5-3-4-6-14(12)13/h3-6,9H,7-8H2,1-2H3. The Balaban J connectivity index is 2.57. The van der Waals surface area contributed by atoms with Gasteiger partial charge < -0.3 is 4.79 Å². The van der Waals surface area contributed by atoms with Crippen molar-refractivity contribution in [1.82, 2.24) is 0 Å². The van der Waals surface area contributed by atoms with Crippen molar-refractivity contribution < 1.29 is 9.18 Å². The number of halogens is 1. The Morgan fingerprint density at radius 1 is 1.29 bits per heavy atom. The van der Waals surface area contributed by atoms with Gasteiger partial charge in [0.1, 0.15) is 11.6 Å². The first-order valence-corrected chi connectivity index (χ1v) is 5.75. The zero-order chi connectivity index (χ0) is 12.4. The van der Waals surface area contributed by atoms with Crippen LogP contribution in [-0.2, 0) is 11.2 Å². The summed E-state index contributed by atoms with van der Waals surface area (Å²) in [5, 5.41) is 1.95. The van der Waals surface area contributed by atoms with E-state index in [9.17, 15) is 9.18 Å². The van der Waals surface area contributed by atoms with Gasteiger partial charge in [-0.2, -0.15) is 0 Å². The van der Waals surface area contributed by atoms with Gasteiger partial charge in [0, 0.05) is 6.42 Å². The highest BCUT2D eigenvalue weighted by Crippen LogP contribution is 2.25. The molecule has 0 aromatic heterocycles. The number of carbonyl (C=O) groups excluding carboxylic acids is 1. The molecule has 0 aliphatic heterocycles. The Bertz CT molecular complexity index is 572. The van der Waals surface area contributed by atoms with Crippen LogP contribution < -0.4 is 0 Å². The highest BCUT2D eigenvalue weighted by Gasteiger charge is 2.10. The molecule has 0 aliphatic carbocycles. The summed E-state index contributed by atoms with van der Waals surface area (Å²) in [5.74, 6) is -0.0556. The van der Waals surface area contributed by atoms with Crippen LogP contribution in [0.3, 0.4) is 0 Å². The highest BCUT2D eigenvalue weighted by atomic mass is 19.1. The molecule has 2 aromatic rings. The van der Waals surface area contributed by atoms with E-state index in [-0.39, 0.29) is 11.6 Å². The second-order valence-corrected chi connectivity index (χ2v) is 4.39. The molecule has 0 N–H and O–H groups in total. The van der Waals surface area contributed by atoms with Gasteiger partial charge in [0.2, 0.25) is 0 Å². The molecule has 0 aliphatic rings. The lowest BCUT2D eigenvalue weighted by Crippen LogP contribution is -1.99. The van der Waals surface area contributed by atoms with Gasteiger partial charge in [-0.05, 0) is 48.2 Å². The van der Waals surface area contributed by atoms with Gasteiger partial charge in [0.05, 0.1) is 0 Å². The normalized spacial score (nSPS) is 10.8. The predicted octanol–water partition coefficient (Wildman–Crippen LogP) is 3.81. The Morgan fingerprint density at radius 3 is 2.71 bits per heavy atom. The molecule has 88 valence electrons. The summed E-state index contributed by atoms with van der Waals surface area (Å²) in [6.07, 6.45) is 1.08. The van der Waals surface area contributed by atoms with Crippen LogP contribution in [0.4, 0.5) is 4.39 Å². The van der Waals surface area contributed by atoms with Crippen molar-refractivity contribution in [3.05, 3.63) is 47.3 Å². The molecule has 0 spiro atoms. The maximum Gasteiger partial charge on any atom is 0.130 e. The fourth-order valence-electron chi connectivity index (χ4n) is 2.11. The smallest absolute Gasteiger partial charge is 0.130 e. The van der Waals surface area contributed by atoms with Crippen molar-refractivity contribution in [2.45, 2.75) is 26.7 Å². The topological polar surface area (TPSA) is 17.1 Å². The summed E-state index contributed by atoms with van der Waals surface area (Å²) < 4.78 is 13.7. The molecule has 0 fully saturated rings. The van der Waals surface area contributed by atoms with Crippen molar-refractivity contribution in [1.29, 1.82) is 0 Å². The molecule has 2 rings (SSSR count). The highest BCUT2D eigenvalue weighted by molar-refractivity contribution is 5.87. The maximum atomic E-state index is 13.7. The lowest BCUT2D eigenvalue weighted by Gasteiger charge is -2.10. The van der Waals surface area contributed by atoms with E-state index in [1.165, 1.54) is 0 Å². The van der Waals surface area contributed by atoms with Crippen LogP contribution in [0.5, 0.6) is 0 Å². The minimum absolute atomic E-state index is 0.137. The van der Waals surface area contributed by atoms with E-state index < -0.39 is 0 Å². The molecule has 0 saturated heterocycles. The zero-order valence-electron chi connectivity index (χ0n) is 10.1. The van der Waals surface area contributed by atoms with E-state index in [2.05, 4.69) is 0 Å². The lowest BCUT2D eigenvalue weighted by atomic mass is 9.95. The van der Waals surface area contributed by atoms with E-state index in [1.54, 1.807) is 19.9 Å². The molecule has 17 heavy (non-hydrogen) atoms. The molecule has 0 unspecified atom stereocenters. The van der Waals surface area contributed by atoms with Gasteiger partial charge in [0.15, 0.2) is 0 Å². The minimum atomic E-state index is -0.192. The average molecular weight is 230 g/mol. The largest absolute Gasteiger partial charge is 0.300 e. The van der Waals surface area contributed by atoms with Crippen molar-refractivity contribution in [3.63, 3.8) is 0 Å². The van der Waals surface area contributed by atoms with E-state index in [4.69, 9.17) is 0 Å². The third-order valence-corrected chi connectivity index (χ3v) is 3.11. The van der Waals surface area contributed by atoms with Gasteiger partial charge in [-0.1, -0.05) is 24.3 Å². The molecule has 2 heteroatoms. The summed E-state index contributed by atoms with van der Waals surface area (Å²) in [5.41, 5.74) is 1.61. The molecule has 1 nitrogen and oxygen atoms in total. The molecular weight excluding hydrogens is 215 g/mol. The minimum Gasteiger partial charge on any atom is -0.300 e. The number of carbonyl (C=O) groups is 1. The summed E-state index contributed by atoms with van der Waals surface area (Å²) in [7, 11) is 0. The van der Waals surface area contributed by atoms with Crippen molar-refractivity contribution in [3.8, 4) is 0 Å². The zero-order valence-corrected chi connectivity index (χ0v) is 10.1. The second kappa shape index (κ2) is 4.66. The molecule has 0 radical (unpaired) electrons. The van der Waals surface area contributed by atoms with Crippen LogP contribution >= 0.6 is 0 Å². The van der Waals surface area contributed by atoms with Crippen LogP contribution in [0.15, 0.2) is 30.3 Å². The first kappa shape index (κ1) is 11.8. The number of ketones is 1. The first-order valence-electron chi connectivity index (χ1n) is 5.75. The predicted molar refractivity (Wildman–Crippen MR) is 67.6 cm³/mol. The van der Waals surface area contributed by atoms with E-state index in [1.807, 2.05) is 24.3 Å². The summed E-state index contributed by atoms with van der Waals surface area (Å²) in [6, 6.07) is 9.27. The van der Waals surface area contributed by atoms with Crippen molar-refractivity contribution >= 4 is 16.6 Å². The number of rotatable bonds is 3. The van der Waals surface area contributed by atoms with Crippen LogP contribution in [0, 0.1) is 12.7 Å². The fourth-order valence-corrected chi connectivity index (χ4v) is 2.11. The molecule has 0 bridgehead atoms. The fraction of sp³-hybridized carbons (Fsp3) is 0.267. The Hall–Kier alpha value is -1.70. The van der Waals surface area contributed by atoms with Crippen LogP contribution in [0.25, 0.3) is 10.8 Å². The number of fused-ring (bicyclic) bond motifs is 1. The number of hydrogen-bond acceptors (Lipinski definition) is 1. The van der Waals surface area contributed by atoms with Crippen LogP contribution in [-0.4, -0.2) is 5.78 Å². The second-order valence-electron chi connectivity index (χ2n) is 4.39. The van der Waals surface area contributed by atoms with Crippen LogP contribution in [0.2, 0.25) is 0 Å². The average Bonchev–Trinajstić information content (AvgIpc) is 2.29. The number of hydrogen-bond donors (Lipinski definition) is 0. The van der Waals surface area contributed by atoms with Crippen molar-refractivity contribution in [2.24, 2.45) is 0 Å². The summed E-state index contributed by atoms with van der Waals surface area (Å²) >= 11 is 0. The molecule has 0 atom stereocenters. The molecule has 2 aromatic carbocycles. The Kier molecular flexibility index (Phi) is 3.23. The molecule has 0 heterocycles. The molecular formula is C15H15FO. The van der Waals surface area contributed by atoms with E-state index in [0.717, 1.165) is 16.3 Å². The van der Waals surface area contributed by atoms with Crippen molar-refractivity contribution in [2.75, 3.05) is 0 Å². The number of aryl methyl sites for hydroxylation is 1. The van der Waals surface area contributed by atoms with Gasteiger partial charge >= 0.3 is 0 Å². The quantitative estimate of drug-likeness (QED) is 0.783. The van der Waals surface area contributed by atoms with Gasteiger partial charge in [0.25, 0.3) is 0 Å². The maximum absolute atomic E-state index is 13.7. The number of benzene rings is 2. The Morgan fingerprint density at radius 2 is 2.00 bits per heavy atom. The SMILES string of the molecule is CC(=O)CCc1c(C)c(F)cc2ccccc12. The van der Waals surface area contributed by atoms with E-state index >= 15 is 0 Å². The third-order valence-electron chi connectivity index (χ3n) is 3.11. The van der Waals surface area contributed by atoms with Gasteiger partial charge in [-0.3, -0.25) is 0 Å². The monoisotopic (exact) mass is 230 g/mol. The van der Waals surface area contributed by atoms with Crippen LogP contribution in [0.1, 0.15) is 24.5 Å². The number of Topliss-reactive ketones (excluding diaryl/α,β-unsaturated/α-hetero) is 1. The van der Waals surface area contributed by atoms with Gasteiger partial charge in [-0.15, -0.1) is 0 Å². The summed E-state index contributed by atoms with van der Waals surface area (Å²) in [4.78, 5) is 11.1. The summed E-state index contributed by atoms with van der Waals surface area (Å²) in [6.45, 7) is 3.34. The molecule has 0 amide bonds. The van der Waals surface area contributed by atoms with E-state index in [0.29, 0.717) is 18.4 Å².